The molecule has 6 heteroatoms. The van der Waals surface area contributed by atoms with Crippen molar-refractivity contribution >= 4 is 17.2 Å². The molecule has 0 amide bonds. The minimum Gasteiger partial charge on any atom is -0.377 e. The van der Waals surface area contributed by atoms with Crippen molar-refractivity contribution in [1.82, 2.24) is 19.4 Å². The Labute approximate surface area is 115 Å². The van der Waals surface area contributed by atoms with E-state index >= 15 is 0 Å². The van der Waals surface area contributed by atoms with Crippen molar-refractivity contribution in [1.29, 1.82) is 0 Å². The fraction of sp³-hybridized carbons (Fsp3) is 0.154. The predicted molar refractivity (Wildman–Crippen MR) is 75.0 cm³/mol. The van der Waals surface area contributed by atoms with Crippen molar-refractivity contribution in [3.8, 4) is 0 Å². The van der Waals surface area contributed by atoms with E-state index in [4.69, 9.17) is 0 Å². The van der Waals surface area contributed by atoms with E-state index in [2.05, 4.69) is 32.1 Å². The lowest BCUT2D eigenvalue weighted by atomic mass is 10.2. The van der Waals surface area contributed by atoms with Crippen LogP contribution in [-0.2, 0) is 13.1 Å². The van der Waals surface area contributed by atoms with Crippen molar-refractivity contribution in [3.63, 3.8) is 0 Å². The first-order valence-corrected chi connectivity index (χ1v) is 6.80. The highest BCUT2D eigenvalue weighted by Gasteiger charge is 2.01. The van der Waals surface area contributed by atoms with Gasteiger partial charge in [-0.05, 0) is 17.1 Å². The third kappa shape index (κ3) is 3.17. The number of rotatable bonds is 5. The normalized spacial score (nSPS) is 10.5. The van der Waals surface area contributed by atoms with Gasteiger partial charge in [-0.2, -0.15) is 5.10 Å². The summed E-state index contributed by atoms with van der Waals surface area (Å²) < 4.78 is 5.74. The second kappa shape index (κ2) is 5.62. The van der Waals surface area contributed by atoms with E-state index in [-0.39, 0.29) is 0 Å². The van der Waals surface area contributed by atoms with Crippen molar-refractivity contribution in [3.05, 3.63) is 59.4 Å². The number of hydrogen-bond donors (Lipinski definition) is 1. The molecule has 0 fully saturated rings. The van der Waals surface area contributed by atoms with E-state index in [0.717, 1.165) is 17.9 Å². The lowest BCUT2D eigenvalue weighted by Crippen LogP contribution is -2.00. The van der Waals surface area contributed by atoms with Crippen LogP contribution in [0.1, 0.15) is 11.3 Å². The quantitative estimate of drug-likeness (QED) is 0.774. The Morgan fingerprint density at radius 3 is 2.89 bits per heavy atom. The van der Waals surface area contributed by atoms with Gasteiger partial charge in [-0.1, -0.05) is 34.8 Å². The molecule has 0 atom stereocenters. The highest BCUT2D eigenvalue weighted by Crippen LogP contribution is 2.09. The minimum absolute atomic E-state index is 0.674. The van der Waals surface area contributed by atoms with Crippen LogP contribution in [0.4, 0.5) is 5.69 Å². The number of anilines is 1. The third-order valence-electron chi connectivity index (χ3n) is 2.70. The molecule has 0 saturated heterocycles. The van der Waals surface area contributed by atoms with Crippen LogP contribution in [0.15, 0.2) is 48.1 Å². The molecule has 3 aromatic rings. The zero-order valence-corrected chi connectivity index (χ0v) is 11.0. The Bertz CT molecular complexity index is 618. The molecule has 96 valence electrons. The lowest BCUT2D eigenvalue weighted by Gasteiger charge is -2.01. The first kappa shape index (κ1) is 11.9. The van der Waals surface area contributed by atoms with Gasteiger partial charge >= 0.3 is 0 Å². The molecule has 5 nitrogen and oxygen atoms in total. The Morgan fingerprint density at radius 1 is 1.21 bits per heavy atom. The molecule has 0 bridgehead atoms. The molecule has 2 heterocycles. The zero-order valence-electron chi connectivity index (χ0n) is 10.2. The number of benzene rings is 1. The maximum Gasteiger partial charge on any atom is 0.0946 e. The summed E-state index contributed by atoms with van der Waals surface area (Å²) in [5.41, 5.74) is 3.17. The fourth-order valence-electron chi connectivity index (χ4n) is 1.77. The van der Waals surface area contributed by atoms with Gasteiger partial charge in [0, 0.05) is 11.6 Å². The summed E-state index contributed by atoms with van der Waals surface area (Å²) in [6.45, 7) is 1.45. The van der Waals surface area contributed by atoms with E-state index < -0.39 is 0 Å². The average molecular weight is 271 g/mol. The smallest absolute Gasteiger partial charge is 0.0946 e. The Morgan fingerprint density at radius 2 is 2.11 bits per heavy atom. The van der Waals surface area contributed by atoms with Gasteiger partial charge in [0.25, 0.3) is 0 Å². The summed E-state index contributed by atoms with van der Waals surface area (Å²) in [6.07, 6.45) is 3.82. The van der Waals surface area contributed by atoms with Crippen LogP contribution in [0.2, 0.25) is 0 Å². The number of hydrogen-bond acceptors (Lipinski definition) is 5. The molecule has 0 radical (unpaired) electrons. The van der Waals surface area contributed by atoms with Gasteiger partial charge in [0.2, 0.25) is 0 Å². The highest BCUT2D eigenvalue weighted by atomic mass is 32.1. The lowest BCUT2D eigenvalue weighted by molar-refractivity contribution is 0.687. The second-order valence-corrected chi connectivity index (χ2v) is 4.77. The van der Waals surface area contributed by atoms with Crippen LogP contribution in [0, 0.1) is 0 Å². The molecule has 1 aromatic carbocycles. The molecule has 3 rings (SSSR count). The molecule has 1 N–H and O–H groups in total. The molecule has 0 unspecified atom stereocenters. The predicted octanol–water partition coefficient (Wildman–Crippen LogP) is 2.40. The van der Waals surface area contributed by atoms with Crippen LogP contribution in [-0.4, -0.2) is 19.4 Å². The molecular weight excluding hydrogens is 258 g/mol. The second-order valence-electron chi connectivity index (χ2n) is 4.16. The van der Waals surface area contributed by atoms with Crippen LogP contribution in [0.5, 0.6) is 0 Å². The fourth-order valence-corrected chi connectivity index (χ4v) is 2.22. The molecule has 0 spiro atoms. The van der Waals surface area contributed by atoms with Crippen molar-refractivity contribution < 1.29 is 0 Å². The third-order valence-corrected chi connectivity index (χ3v) is 3.25. The van der Waals surface area contributed by atoms with E-state index in [1.165, 1.54) is 17.1 Å². The van der Waals surface area contributed by atoms with Crippen LogP contribution in [0.3, 0.4) is 0 Å². The first-order valence-electron chi connectivity index (χ1n) is 5.96. The van der Waals surface area contributed by atoms with E-state index in [1.807, 2.05) is 40.7 Å². The van der Waals surface area contributed by atoms with Gasteiger partial charge in [-0.3, -0.25) is 4.68 Å². The summed E-state index contributed by atoms with van der Waals surface area (Å²) in [7, 11) is 0. The van der Waals surface area contributed by atoms with Crippen LogP contribution in [0.25, 0.3) is 0 Å². The van der Waals surface area contributed by atoms with Gasteiger partial charge in [0.05, 0.1) is 30.7 Å². The van der Waals surface area contributed by atoms with Gasteiger partial charge < -0.3 is 5.32 Å². The monoisotopic (exact) mass is 271 g/mol. The maximum atomic E-state index is 4.33. The van der Waals surface area contributed by atoms with Gasteiger partial charge in [0.15, 0.2) is 0 Å². The van der Waals surface area contributed by atoms with Crippen molar-refractivity contribution in [2.24, 2.45) is 0 Å². The van der Waals surface area contributed by atoms with Crippen LogP contribution < -0.4 is 5.32 Å². The average Bonchev–Trinajstić information content (AvgIpc) is 3.09. The van der Waals surface area contributed by atoms with E-state index in [0.29, 0.717) is 6.54 Å². The summed E-state index contributed by atoms with van der Waals surface area (Å²) in [5.74, 6) is 0. The molecule has 0 aliphatic heterocycles. The van der Waals surface area contributed by atoms with Crippen LogP contribution >= 0.6 is 11.5 Å². The molecule has 0 aliphatic carbocycles. The van der Waals surface area contributed by atoms with E-state index in [1.54, 1.807) is 0 Å². The summed E-state index contributed by atoms with van der Waals surface area (Å²) in [4.78, 5) is 0. The van der Waals surface area contributed by atoms with Gasteiger partial charge in [-0.15, -0.1) is 5.10 Å². The van der Waals surface area contributed by atoms with Gasteiger partial charge in [0.1, 0.15) is 0 Å². The topological polar surface area (TPSA) is 55.6 Å². The Balaban J connectivity index is 1.60. The highest BCUT2D eigenvalue weighted by molar-refractivity contribution is 7.03. The van der Waals surface area contributed by atoms with Crippen molar-refractivity contribution in [2.75, 3.05) is 5.32 Å². The molecule has 0 aliphatic rings. The van der Waals surface area contributed by atoms with Gasteiger partial charge in [-0.25, -0.2) is 0 Å². The molecule has 0 saturated carbocycles. The minimum atomic E-state index is 0.674. The maximum absolute atomic E-state index is 4.33. The number of aromatic nitrogens is 4. The summed E-state index contributed by atoms with van der Waals surface area (Å²) in [6, 6.07) is 10.3. The Kier molecular flexibility index (Phi) is 3.51. The molecule has 2 aromatic heterocycles. The molecule has 19 heavy (non-hydrogen) atoms. The SMILES string of the molecule is c1ccc(Cn2cc(NCc3csnn3)cn2)cc1. The largest absolute Gasteiger partial charge is 0.377 e. The first-order chi connectivity index (χ1) is 9.40. The Hall–Kier alpha value is -2.21. The summed E-state index contributed by atoms with van der Waals surface area (Å²) >= 11 is 1.36. The number of nitrogens with zero attached hydrogens (tertiary/aromatic N) is 4. The number of nitrogens with one attached hydrogen (secondary N) is 1. The zero-order chi connectivity index (χ0) is 12.9. The summed E-state index contributed by atoms with van der Waals surface area (Å²) in [5, 5.41) is 13.5. The van der Waals surface area contributed by atoms with Crippen molar-refractivity contribution in [2.45, 2.75) is 13.1 Å². The standard InChI is InChI=1S/C13H13N5S/c1-2-4-11(5-3-1)8-18-9-12(7-15-18)14-6-13-10-19-17-16-13/h1-5,7,9-10,14H,6,8H2. The van der Waals surface area contributed by atoms with E-state index in [9.17, 15) is 0 Å². The molecular formula is C13H13N5S.